The maximum atomic E-state index is 11.3. The quantitative estimate of drug-likeness (QED) is 0.514. The summed E-state index contributed by atoms with van der Waals surface area (Å²) >= 11 is 11.7. The summed E-state index contributed by atoms with van der Waals surface area (Å²) in [4.78, 5) is 13.2. The second-order valence-corrected chi connectivity index (χ2v) is 4.72. The lowest BCUT2D eigenvalue weighted by Gasteiger charge is -2.19. The van der Waals surface area contributed by atoms with E-state index in [9.17, 15) is 4.79 Å². The van der Waals surface area contributed by atoms with Gasteiger partial charge >= 0.3 is 0 Å². The molecule has 1 atom stereocenters. The molecule has 1 aliphatic heterocycles. The van der Waals surface area contributed by atoms with E-state index in [1.54, 1.807) is 0 Å². The molecule has 0 aromatic rings. The lowest BCUT2D eigenvalue weighted by atomic mass is 10.2. The van der Waals surface area contributed by atoms with Crippen LogP contribution in [-0.2, 0) is 4.79 Å². The molecule has 0 bridgehead atoms. The summed E-state index contributed by atoms with van der Waals surface area (Å²) in [6, 6.07) is 0. The van der Waals surface area contributed by atoms with Crippen molar-refractivity contribution in [1.29, 1.82) is 0 Å². The molecule has 0 saturated carbocycles. The van der Waals surface area contributed by atoms with Crippen molar-refractivity contribution in [3.63, 3.8) is 0 Å². The number of hydrogen-bond donors (Lipinski definition) is 0. The highest BCUT2D eigenvalue weighted by Gasteiger charge is 2.22. The topological polar surface area (TPSA) is 20.3 Å². The molecule has 1 amide bonds. The minimum Gasteiger partial charge on any atom is -0.341 e. The van der Waals surface area contributed by atoms with Crippen LogP contribution in [0, 0.1) is 0 Å². The number of unbranched alkanes of at least 4 members (excludes halogenated alkanes) is 1. The Morgan fingerprint density at radius 2 is 2.21 bits per heavy atom. The molecular formula is C10H17Cl2NO. The van der Waals surface area contributed by atoms with Gasteiger partial charge in [-0.2, -0.15) is 0 Å². The van der Waals surface area contributed by atoms with E-state index in [1.807, 2.05) is 4.90 Å². The Morgan fingerprint density at radius 3 is 2.79 bits per heavy atom. The van der Waals surface area contributed by atoms with Crippen LogP contribution < -0.4 is 0 Å². The molecule has 0 aliphatic carbocycles. The summed E-state index contributed by atoms with van der Waals surface area (Å²) in [5.41, 5.74) is 0. The third-order valence-corrected chi connectivity index (χ3v) is 3.11. The summed E-state index contributed by atoms with van der Waals surface area (Å²) in [5, 5.41) is 0.0975. The smallest absolute Gasteiger partial charge is 0.222 e. The number of alkyl halides is 2. The van der Waals surface area contributed by atoms with Crippen LogP contribution in [0.3, 0.4) is 0 Å². The molecule has 0 spiro atoms. The van der Waals surface area contributed by atoms with Gasteiger partial charge in [0.1, 0.15) is 0 Å². The first-order chi connectivity index (χ1) is 6.74. The molecule has 1 aliphatic rings. The molecule has 0 aromatic heterocycles. The number of amides is 1. The Kier molecular flexibility index (Phi) is 5.64. The van der Waals surface area contributed by atoms with Gasteiger partial charge < -0.3 is 4.90 Å². The van der Waals surface area contributed by atoms with Crippen LogP contribution in [0.2, 0.25) is 0 Å². The third-order valence-electron chi connectivity index (χ3n) is 2.49. The Hall–Kier alpha value is 0.0500. The molecule has 0 N–H and O–H groups in total. The van der Waals surface area contributed by atoms with Gasteiger partial charge in [0, 0.05) is 25.4 Å². The Labute approximate surface area is 95.5 Å². The second-order valence-electron chi connectivity index (χ2n) is 3.73. The first-order valence-electron chi connectivity index (χ1n) is 5.22. The van der Waals surface area contributed by atoms with Crippen molar-refractivity contribution in [2.75, 3.05) is 19.0 Å². The molecule has 0 aromatic carbocycles. The van der Waals surface area contributed by atoms with Crippen molar-refractivity contribution in [2.24, 2.45) is 0 Å². The minimum absolute atomic E-state index is 0.0975. The van der Waals surface area contributed by atoms with Gasteiger partial charge in [0.05, 0.1) is 5.38 Å². The highest BCUT2D eigenvalue weighted by molar-refractivity contribution is 6.20. The van der Waals surface area contributed by atoms with Crippen molar-refractivity contribution < 1.29 is 4.79 Å². The van der Waals surface area contributed by atoms with Gasteiger partial charge in [0.15, 0.2) is 0 Å². The number of hydrogen-bond acceptors (Lipinski definition) is 1. The summed E-state index contributed by atoms with van der Waals surface area (Å²) < 4.78 is 0. The zero-order valence-corrected chi connectivity index (χ0v) is 9.86. The fourth-order valence-corrected chi connectivity index (χ4v) is 2.20. The molecule has 4 heteroatoms. The summed E-state index contributed by atoms with van der Waals surface area (Å²) in [5.74, 6) is 0.958. The fraction of sp³-hybridized carbons (Fsp3) is 0.900. The van der Waals surface area contributed by atoms with Crippen LogP contribution in [0.25, 0.3) is 0 Å². The molecule has 0 radical (unpaired) electrons. The number of nitrogens with zero attached hydrogens (tertiary/aromatic N) is 1. The number of carbonyl (C=O) groups excluding carboxylic acids is 1. The molecule has 1 rings (SSSR count). The number of carbonyl (C=O) groups is 1. The van der Waals surface area contributed by atoms with Crippen LogP contribution in [0.1, 0.15) is 32.1 Å². The lowest BCUT2D eigenvalue weighted by molar-refractivity contribution is -0.127. The Bertz CT molecular complexity index is 187. The average molecular weight is 238 g/mol. The van der Waals surface area contributed by atoms with Crippen molar-refractivity contribution in [3.05, 3.63) is 0 Å². The van der Waals surface area contributed by atoms with Gasteiger partial charge in [-0.1, -0.05) is 6.42 Å². The first-order valence-corrected chi connectivity index (χ1v) is 6.19. The largest absolute Gasteiger partial charge is 0.341 e. The lowest BCUT2D eigenvalue weighted by Crippen LogP contribution is -2.30. The van der Waals surface area contributed by atoms with Gasteiger partial charge in [-0.3, -0.25) is 4.79 Å². The predicted molar refractivity (Wildman–Crippen MR) is 60.0 cm³/mol. The summed E-state index contributed by atoms with van der Waals surface area (Å²) in [6.45, 7) is 1.60. The maximum absolute atomic E-state index is 11.3. The van der Waals surface area contributed by atoms with Crippen molar-refractivity contribution in [2.45, 2.75) is 37.5 Å². The Morgan fingerprint density at radius 1 is 1.43 bits per heavy atom. The van der Waals surface area contributed by atoms with Crippen molar-refractivity contribution >= 4 is 29.1 Å². The van der Waals surface area contributed by atoms with Gasteiger partial charge in [0.2, 0.25) is 5.91 Å². The molecule has 82 valence electrons. The standard InChI is InChI=1S/C10H17Cl2NO/c11-6-2-1-4-9(12)8-13-7-3-5-10(13)14/h9H,1-8H2. The molecule has 1 saturated heterocycles. The molecular weight excluding hydrogens is 221 g/mol. The first kappa shape index (κ1) is 12.1. The van der Waals surface area contributed by atoms with Crippen LogP contribution in [-0.4, -0.2) is 35.2 Å². The molecule has 14 heavy (non-hydrogen) atoms. The van der Waals surface area contributed by atoms with E-state index in [-0.39, 0.29) is 11.3 Å². The second kappa shape index (κ2) is 6.52. The maximum Gasteiger partial charge on any atom is 0.222 e. The van der Waals surface area contributed by atoms with Gasteiger partial charge in [-0.15, -0.1) is 23.2 Å². The normalized spacial score (nSPS) is 19.0. The zero-order valence-electron chi connectivity index (χ0n) is 8.35. The SMILES string of the molecule is O=C1CCCN1CC(Cl)CCCCCl. The van der Waals surface area contributed by atoms with E-state index in [0.29, 0.717) is 18.8 Å². The number of halogens is 2. The molecule has 1 heterocycles. The van der Waals surface area contributed by atoms with Gasteiger partial charge in [-0.25, -0.2) is 0 Å². The van der Waals surface area contributed by atoms with E-state index in [2.05, 4.69) is 0 Å². The number of rotatable bonds is 6. The van der Waals surface area contributed by atoms with Crippen LogP contribution in [0.4, 0.5) is 0 Å². The molecule has 2 nitrogen and oxygen atoms in total. The van der Waals surface area contributed by atoms with E-state index < -0.39 is 0 Å². The van der Waals surface area contributed by atoms with Gasteiger partial charge in [0.25, 0.3) is 0 Å². The summed E-state index contributed by atoms with van der Waals surface area (Å²) in [7, 11) is 0. The molecule has 1 unspecified atom stereocenters. The van der Waals surface area contributed by atoms with Crippen LogP contribution >= 0.6 is 23.2 Å². The monoisotopic (exact) mass is 237 g/mol. The van der Waals surface area contributed by atoms with Crippen LogP contribution in [0.5, 0.6) is 0 Å². The van der Waals surface area contributed by atoms with E-state index >= 15 is 0 Å². The summed E-state index contributed by atoms with van der Waals surface area (Å²) in [6.07, 6.45) is 4.71. The van der Waals surface area contributed by atoms with E-state index in [4.69, 9.17) is 23.2 Å². The van der Waals surface area contributed by atoms with E-state index in [0.717, 1.165) is 32.2 Å². The minimum atomic E-state index is 0.0975. The Balaban J connectivity index is 2.12. The zero-order chi connectivity index (χ0) is 10.4. The third kappa shape index (κ3) is 4.05. The molecule has 1 fully saturated rings. The highest BCUT2D eigenvalue weighted by atomic mass is 35.5. The van der Waals surface area contributed by atoms with Crippen molar-refractivity contribution in [3.8, 4) is 0 Å². The van der Waals surface area contributed by atoms with Crippen molar-refractivity contribution in [1.82, 2.24) is 4.90 Å². The predicted octanol–water partition coefficient (Wildman–Crippen LogP) is 2.63. The van der Waals surface area contributed by atoms with Gasteiger partial charge in [-0.05, 0) is 19.3 Å². The fourth-order valence-electron chi connectivity index (χ4n) is 1.69. The number of likely N-dealkylation sites (tertiary alicyclic amines) is 1. The van der Waals surface area contributed by atoms with Crippen LogP contribution in [0.15, 0.2) is 0 Å². The highest BCUT2D eigenvalue weighted by Crippen LogP contribution is 2.15. The average Bonchev–Trinajstić information content (AvgIpc) is 2.52. The van der Waals surface area contributed by atoms with E-state index in [1.165, 1.54) is 0 Å².